The minimum Gasteiger partial charge on any atom is -0.487 e. The number of aromatic nitrogens is 4. The van der Waals surface area contributed by atoms with Crippen LogP contribution in [0.4, 0.5) is 13.2 Å². The number of nitrogens with zero attached hydrogens (tertiary/aromatic N) is 4. The van der Waals surface area contributed by atoms with Crippen LogP contribution in [0, 0.1) is 6.92 Å². The monoisotopic (exact) mass is 460 g/mol. The number of methoxy groups -OCH3 is 1. The highest BCUT2D eigenvalue weighted by Gasteiger charge is 2.33. The topological polar surface area (TPSA) is 110 Å². The van der Waals surface area contributed by atoms with Gasteiger partial charge in [-0.25, -0.2) is 15.0 Å². The molecule has 170 valence electrons. The predicted molar refractivity (Wildman–Crippen MR) is 108 cm³/mol. The van der Waals surface area contributed by atoms with E-state index in [0.717, 1.165) is 12.4 Å². The molecule has 3 aromatic rings. The number of hydrogen-bond acceptors (Lipinski definition) is 6. The number of hydrogen-bond donors (Lipinski definition) is 0. The van der Waals surface area contributed by atoms with Gasteiger partial charge in [-0.2, -0.15) is 13.2 Å². The van der Waals surface area contributed by atoms with Crippen molar-refractivity contribution in [3.63, 3.8) is 0 Å². The van der Waals surface area contributed by atoms with Crippen molar-refractivity contribution in [1.82, 2.24) is 19.4 Å². The lowest BCUT2D eigenvalue weighted by molar-refractivity contribution is -0.141. The standard InChI is InChI=1S/C19H21F3N4O3S.H2O/c1-5-30(27)14-6-13(29-11(2)9-28-4)8-23-18(14)17-12(3)26-10-24-15(19(20,21)22)7-16(26)25-17;/h6-8,10-11H,5,9H2,1-4H3;1H2. The molecule has 2 N–H and O–H groups in total. The van der Waals surface area contributed by atoms with Crippen LogP contribution in [0.5, 0.6) is 5.75 Å². The molecule has 0 saturated carbocycles. The van der Waals surface area contributed by atoms with E-state index in [1.807, 2.05) is 6.92 Å². The molecular weight excluding hydrogens is 437 g/mol. The Balaban J connectivity index is 0.00000341. The molecule has 0 bridgehead atoms. The smallest absolute Gasteiger partial charge is 0.433 e. The molecule has 0 radical (unpaired) electrons. The van der Waals surface area contributed by atoms with E-state index >= 15 is 0 Å². The van der Waals surface area contributed by atoms with Crippen molar-refractivity contribution >= 4 is 16.4 Å². The van der Waals surface area contributed by atoms with Gasteiger partial charge in [-0.3, -0.25) is 8.61 Å². The fraction of sp³-hybridized carbons (Fsp3) is 0.421. The van der Waals surface area contributed by atoms with Crippen LogP contribution in [-0.4, -0.2) is 54.6 Å². The van der Waals surface area contributed by atoms with Crippen LogP contribution in [0.2, 0.25) is 0 Å². The first-order valence-electron chi connectivity index (χ1n) is 9.12. The summed E-state index contributed by atoms with van der Waals surface area (Å²) in [5, 5.41) is 0. The molecule has 2 atom stereocenters. The highest BCUT2D eigenvalue weighted by Crippen LogP contribution is 2.32. The van der Waals surface area contributed by atoms with Crippen LogP contribution >= 0.6 is 0 Å². The molecule has 0 aliphatic carbocycles. The van der Waals surface area contributed by atoms with Gasteiger partial charge in [0.05, 0.1) is 34.2 Å². The van der Waals surface area contributed by atoms with Crippen molar-refractivity contribution < 1.29 is 32.3 Å². The van der Waals surface area contributed by atoms with E-state index in [2.05, 4.69) is 15.0 Å². The molecule has 0 fully saturated rings. The molecule has 0 aliphatic heterocycles. The van der Waals surface area contributed by atoms with Crippen molar-refractivity contribution in [2.45, 2.75) is 37.9 Å². The highest BCUT2D eigenvalue weighted by atomic mass is 32.2. The van der Waals surface area contributed by atoms with Gasteiger partial charge in [0.25, 0.3) is 0 Å². The van der Waals surface area contributed by atoms with Crippen molar-refractivity contribution in [2.75, 3.05) is 19.5 Å². The summed E-state index contributed by atoms with van der Waals surface area (Å²) in [6.45, 7) is 5.64. The largest absolute Gasteiger partial charge is 0.487 e. The first-order chi connectivity index (χ1) is 14.2. The predicted octanol–water partition coefficient (Wildman–Crippen LogP) is 2.84. The summed E-state index contributed by atoms with van der Waals surface area (Å²) < 4.78 is 63.9. The third-order valence-electron chi connectivity index (χ3n) is 4.34. The molecule has 0 aromatic carbocycles. The van der Waals surface area contributed by atoms with E-state index < -0.39 is 22.7 Å². The Bertz CT molecular complexity index is 1090. The maximum atomic E-state index is 13.0. The zero-order chi connectivity index (χ0) is 22.1. The minimum atomic E-state index is -4.58. The number of fused-ring (bicyclic) bond motifs is 1. The van der Waals surface area contributed by atoms with Crippen LogP contribution in [0.25, 0.3) is 17.0 Å². The summed E-state index contributed by atoms with van der Waals surface area (Å²) in [7, 11) is 0.161. The van der Waals surface area contributed by atoms with Gasteiger partial charge in [0.1, 0.15) is 40.9 Å². The minimum absolute atomic E-state index is 0. The summed E-state index contributed by atoms with van der Waals surface area (Å²) in [4.78, 5) is 12.6. The van der Waals surface area contributed by atoms with E-state index in [9.17, 15) is 17.4 Å². The molecule has 3 heterocycles. The SMILES string of the molecule is CCS(=O)c1cc(OC(C)COC)cnc1-c1nc2cc(C(F)(F)F)ncn2c1C.O. The van der Waals surface area contributed by atoms with Gasteiger partial charge < -0.3 is 14.9 Å². The van der Waals surface area contributed by atoms with Crippen LogP contribution < -0.4 is 4.74 Å². The summed E-state index contributed by atoms with van der Waals surface area (Å²) in [6.07, 6.45) is -2.27. The van der Waals surface area contributed by atoms with E-state index in [1.54, 1.807) is 27.0 Å². The molecule has 0 saturated heterocycles. The molecule has 3 rings (SSSR count). The van der Waals surface area contributed by atoms with Gasteiger partial charge in [-0.1, -0.05) is 6.92 Å². The molecule has 12 heteroatoms. The summed E-state index contributed by atoms with van der Waals surface area (Å²) >= 11 is 0. The Morgan fingerprint density at radius 2 is 1.94 bits per heavy atom. The van der Waals surface area contributed by atoms with Crippen LogP contribution in [-0.2, 0) is 21.7 Å². The first-order valence-corrected chi connectivity index (χ1v) is 10.4. The van der Waals surface area contributed by atoms with E-state index in [1.165, 1.54) is 10.6 Å². The first kappa shape index (κ1) is 24.7. The summed E-state index contributed by atoms with van der Waals surface area (Å²) in [5.74, 6) is 0.750. The summed E-state index contributed by atoms with van der Waals surface area (Å²) in [6, 6.07) is 2.49. The fourth-order valence-electron chi connectivity index (χ4n) is 2.94. The molecule has 31 heavy (non-hydrogen) atoms. The Morgan fingerprint density at radius 1 is 1.23 bits per heavy atom. The molecule has 0 aliphatic rings. The van der Waals surface area contributed by atoms with E-state index in [-0.39, 0.29) is 17.2 Å². The number of ether oxygens (including phenoxy) is 2. The third-order valence-corrected chi connectivity index (χ3v) is 5.67. The normalized spacial score (nSPS) is 13.6. The molecule has 3 aromatic heterocycles. The van der Waals surface area contributed by atoms with Crippen molar-refractivity contribution in [2.24, 2.45) is 0 Å². The molecular formula is C19H23F3N4O4S. The Kier molecular flexibility index (Phi) is 7.73. The summed E-state index contributed by atoms with van der Waals surface area (Å²) in [5.41, 5.74) is 0.247. The number of halogens is 3. The van der Waals surface area contributed by atoms with Gasteiger partial charge in [0.15, 0.2) is 0 Å². The van der Waals surface area contributed by atoms with Crippen molar-refractivity contribution in [1.29, 1.82) is 0 Å². The van der Waals surface area contributed by atoms with Crippen molar-refractivity contribution in [3.8, 4) is 17.1 Å². The molecule has 0 spiro atoms. The van der Waals surface area contributed by atoms with Crippen molar-refractivity contribution in [3.05, 3.63) is 36.0 Å². The number of rotatable bonds is 7. The Morgan fingerprint density at radius 3 is 2.55 bits per heavy atom. The zero-order valence-corrected chi connectivity index (χ0v) is 18.2. The number of pyridine rings is 1. The average Bonchev–Trinajstić information content (AvgIpc) is 3.02. The Labute approximate surface area is 179 Å². The maximum Gasteiger partial charge on any atom is 0.433 e. The van der Waals surface area contributed by atoms with Gasteiger partial charge in [-0.15, -0.1) is 0 Å². The second-order valence-corrected chi connectivity index (χ2v) is 8.29. The fourth-order valence-corrected chi connectivity index (χ4v) is 3.86. The lowest BCUT2D eigenvalue weighted by Gasteiger charge is -2.15. The second-order valence-electron chi connectivity index (χ2n) is 6.58. The van der Waals surface area contributed by atoms with Gasteiger partial charge in [-0.05, 0) is 13.8 Å². The van der Waals surface area contributed by atoms with E-state index in [4.69, 9.17) is 9.47 Å². The molecule has 0 amide bonds. The number of imidazole rings is 1. The number of aryl methyl sites for hydroxylation is 1. The van der Waals surface area contributed by atoms with Crippen LogP contribution in [0.15, 0.2) is 29.6 Å². The number of alkyl halides is 3. The van der Waals surface area contributed by atoms with Gasteiger partial charge in [0.2, 0.25) is 0 Å². The average molecular weight is 460 g/mol. The maximum absolute atomic E-state index is 13.0. The van der Waals surface area contributed by atoms with Crippen LogP contribution in [0.1, 0.15) is 25.2 Å². The molecule has 8 nitrogen and oxygen atoms in total. The quantitative estimate of drug-likeness (QED) is 0.536. The van der Waals surface area contributed by atoms with Crippen LogP contribution in [0.3, 0.4) is 0 Å². The zero-order valence-electron chi connectivity index (χ0n) is 17.4. The molecule has 2 unspecified atom stereocenters. The lowest BCUT2D eigenvalue weighted by Crippen LogP contribution is -2.18. The third kappa shape index (κ3) is 5.20. The van der Waals surface area contributed by atoms with Gasteiger partial charge in [0, 0.05) is 25.0 Å². The van der Waals surface area contributed by atoms with E-state index in [0.29, 0.717) is 40.1 Å². The Hall–Kier alpha value is -2.57. The second kappa shape index (κ2) is 9.71. The lowest BCUT2D eigenvalue weighted by atomic mass is 10.2. The highest BCUT2D eigenvalue weighted by molar-refractivity contribution is 7.85. The van der Waals surface area contributed by atoms with Gasteiger partial charge >= 0.3 is 6.18 Å².